The largest absolute Gasteiger partial charge is 0.486 e. The topological polar surface area (TPSA) is 59.0 Å². The molecule has 0 amide bonds. The lowest BCUT2D eigenvalue weighted by molar-refractivity contribution is 0.290. The maximum Gasteiger partial charge on any atom is 0.165 e. The monoisotopic (exact) mass is 270 g/mol. The Bertz CT molecular complexity index is 617. The van der Waals surface area contributed by atoms with Crippen LogP contribution in [0.25, 0.3) is 0 Å². The summed E-state index contributed by atoms with van der Waals surface area (Å²) < 4.78 is 19.2. The SMILES string of the molecule is N#Cc1ccc(COc2ccc(CCN)cc2F)cc1. The number of nitrogens with zero attached hydrogens (tertiary/aromatic N) is 1. The first kappa shape index (κ1) is 14.0. The molecule has 0 unspecified atom stereocenters. The van der Waals surface area contributed by atoms with E-state index in [0.29, 0.717) is 18.5 Å². The highest BCUT2D eigenvalue weighted by Crippen LogP contribution is 2.20. The summed E-state index contributed by atoms with van der Waals surface area (Å²) in [5, 5.41) is 8.70. The van der Waals surface area contributed by atoms with Crippen molar-refractivity contribution in [2.24, 2.45) is 5.73 Å². The second kappa shape index (κ2) is 6.69. The summed E-state index contributed by atoms with van der Waals surface area (Å²) in [7, 11) is 0. The van der Waals surface area contributed by atoms with E-state index < -0.39 is 0 Å². The van der Waals surface area contributed by atoms with Crippen LogP contribution in [-0.2, 0) is 13.0 Å². The molecule has 0 fully saturated rings. The molecule has 3 nitrogen and oxygen atoms in total. The minimum atomic E-state index is -0.385. The average molecular weight is 270 g/mol. The van der Waals surface area contributed by atoms with Gasteiger partial charge >= 0.3 is 0 Å². The van der Waals surface area contributed by atoms with Crippen LogP contribution in [0.3, 0.4) is 0 Å². The Balaban J connectivity index is 2.01. The summed E-state index contributed by atoms with van der Waals surface area (Å²) >= 11 is 0. The molecule has 20 heavy (non-hydrogen) atoms. The van der Waals surface area contributed by atoms with Gasteiger partial charge in [-0.1, -0.05) is 18.2 Å². The van der Waals surface area contributed by atoms with Crippen LogP contribution in [-0.4, -0.2) is 6.54 Å². The molecular weight excluding hydrogens is 255 g/mol. The highest BCUT2D eigenvalue weighted by Gasteiger charge is 2.05. The number of rotatable bonds is 5. The van der Waals surface area contributed by atoms with Crippen LogP contribution in [0, 0.1) is 17.1 Å². The Morgan fingerprint density at radius 1 is 1.10 bits per heavy atom. The van der Waals surface area contributed by atoms with E-state index in [1.165, 1.54) is 6.07 Å². The summed E-state index contributed by atoms with van der Waals surface area (Å²) in [4.78, 5) is 0. The molecule has 0 heterocycles. The van der Waals surface area contributed by atoms with Crippen molar-refractivity contribution in [2.45, 2.75) is 13.0 Å². The molecule has 0 saturated heterocycles. The van der Waals surface area contributed by atoms with Crippen molar-refractivity contribution in [2.75, 3.05) is 6.54 Å². The first-order valence-corrected chi connectivity index (χ1v) is 6.33. The molecule has 2 aromatic carbocycles. The van der Waals surface area contributed by atoms with Crippen LogP contribution in [0.1, 0.15) is 16.7 Å². The van der Waals surface area contributed by atoms with Crippen molar-refractivity contribution in [1.82, 2.24) is 0 Å². The summed E-state index contributed by atoms with van der Waals surface area (Å²) in [5.74, 6) is -0.167. The van der Waals surface area contributed by atoms with Gasteiger partial charge in [0.1, 0.15) is 6.61 Å². The Kier molecular flexibility index (Phi) is 4.70. The van der Waals surface area contributed by atoms with Crippen LogP contribution >= 0.6 is 0 Å². The van der Waals surface area contributed by atoms with E-state index in [2.05, 4.69) is 0 Å². The van der Waals surface area contributed by atoms with Gasteiger partial charge in [0.05, 0.1) is 11.6 Å². The van der Waals surface area contributed by atoms with Crippen molar-refractivity contribution in [1.29, 1.82) is 5.26 Å². The standard InChI is InChI=1S/C16H15FN2O/c17-15-9-12(7-8-18)5-6-16(15)20-11-14-3-1-13(10-19)2-4-14/h1-6,9H,7-8,11,18H2. The van der Waals surface area contributed by atoms with Gasteiger partial charge in [0, 0.05) is 0 Å². The lowest BCUT2D eigenvalue weighted by Gasteiger charge is -2.08. The van der Waals surface area contributed by atoms with E-state index in [0.717, 1.165) is 11.1 Å². The molecule has 0 radical (unpaired) electrons. The van der Waals surface area contributed by atoms with Gasteiger partial charge < -0.3 is 10.5 Å². The Morgan fingerprint density at radius 3 is 2.40 bits per heavy atom. The third-order valence-electron chi connectivity index (χ3n) is 2.91. The van der Waals surface area contributed by atoms with Crippen molar-refractivity contribution in [3.05, 3.63) is 65.0 Å². The van der Waals surface area contributed by atoms with Crippen LogP contribution in [0.2, 0.25) is 0 Å². The quantitative estimate of drug-likeness (QED) is 0.908. The Morgan fingerprint density at radius 2 is 1.80 bits per heavy atom. The van der Waals surface area contributed by atoms with Gasteiger partial charge in [-0.25, -0.2) is 4.39 Å². The zero-order valence-corrected chi connectivity index (χ0v) is 11.0. The van der Waals surface area contributed by atoms with E-state index in [4.69, 9.17) is 15.7 Å². The van der Waals surface area contributed by atoms with E-state index >= 15 is 0 Å². The fourth-order valence-corrected chi connectivity index (χ4v) is 1.82. The maximum atomic E-state index is 13.8. The molecule has 0 aliphatic carbocycles. The zero-order chi connectivity index (χ0) is 14.4. The molecule has 4 heteroatoms. The summed E-state index contributed by atoms with van der Waals surface area (Å²) in [6, 6.07) is 13.9. The van der Waals surface area contributed by atoms with Crippen LogP contribution in [0.5, 0.6) is 5.75 Å². The highest BCUT2D eigenvalue weighted by molar-refractivity contribution is 5.32. The third-order valence-corrected chi connectivity index (χ3v) is 2.91. The number of nitrogens with two attached hydrogens (primary N) is 1. The smallest absolute Gasteiger partial charge is 0.165 e. The van der Waals surface area contributed by atoms with Crippen molar-refractivity contribution >= 4 is 0 Å². The average Bonchev–Trinajstić information content (AvgIpc) is 2.47. The molecule has 2 rings (SSSR count). The number of halogens is 1. The molecule has 0 aromatic heterocycles. The number of nitriles is 1. The molecule has 0 aliphatic heterocycles. The molecule has 0 bridgehead atoms. The Hall–Kier alpha value is -2.38. The summed E-state index contributed by atoms with van der Waals surface area (Å²) in [6.07, 6.45) is 0.646. The van der Waals surface area contributed by atoms with Gasteiger partial charge in [-0.15, -0.1) is 0 Å². The van der Waals surface area contributed by atoms with Crippen molar-refractivity contribution in [3.8, 4) is 11.8 Å². The molecule has 0 spiro atoms. The van der Waals surface area contributed by atoms with Gasteiger partial charge in [-0.05, 0) is 48.4 Å². The predicted octanol–water partition coefficient (Wildman–Crippen LogP) is 2.78. The first-order valence-electron chi connectivity index (χ1n) is 6.33. The molecule has 2 aromatic rings. The van der Waals surface area contributed by atoms with E-state index in [9.17, 15) is 4.39 Å². The zero-order valence-electron chi connectivity index (χ0n) is 11.0. The molecule has 102 valence electrons. The van der Waals surface area contributed by atoms with Gasteiger partial charge in [0.25, 0.3) is 0 Å². The number of hydrogen-bond donors (Lipinski definition) is 1. The fraction of sp³-hybridized carbons (Fsp3) is 0.188. The second-order valence-corrected chi connectivity index (χ2v) is 4.40. The van der Waals surface area contributed by atoms with Crippen molar-refractivity contribution < 1.29 is 9.13 Å². The molecule has 0 atom stereocenters. The molecule has 0 saturated carbocycles. The fourth-order valence-electron chi connectivity index (χ4n) is 1.82. The number of ether oxygens (including phenoxy) is 1. The van der Waals surface area contributed by atoms with Gasteiger partial charge in [-0.2, -0.15) is 5.26 Å². The Labute approximate surface area is 117 Å². The second-order valence-electron chi connectivity index (χ2n) is 4.40. The third kappa shape index (κ3) is 3.56. The molecular formula is C16H15FN2O. The predicted molar refractivity (Wildman–Crippen MR) is 74.6 cm³/mol. The van der Waals surface area contributed by atoms with Gasteiger partial charge in [0.15, 0.2) is 11.6 Å². The maximum absolute atomic E-state index is 13.8. The first-order chi connectivity index (χ1) is 9.72. The lowest BCUT2D eigenvalue weighted by atomic mass is 10.1. The van der Waals surface area contributed by atoms with Crippen molar-refractivity contribution in [3.63, 3.8) is 0 Å². The van der Waals surface area contributed by atoms with E-state index in [1.54, 1.807) is 30.3 Å². The van der Waals surface area contributed by atoms with E-state index in [1.807, 2.05) is 12.1 Å². The minimum absolute atomic E-state index is 0.218. The van der Waals surface area contributed by atoms with E-state index in [-0.39, 0.29) is 18.2 Å². The minimum Gasteiger partial charge on any atom is -0.486 e. The van der Waals surface area contributed by atoms with Crippen LogP contribution in [0.4, 0.5) is 4.39 Å². The molecule has 0 aliphatic rings. The van der Waals surface area contributed by atoms with Gasteiger partial charge in [0.2, 0.25) is 0 Å². The summed E-state index contributed by atoms with van der Waals surface area (Å²) in [5.41, 5.74) is 7.76. The van der Waals surface area contributed by atoms with Crippen LogP contribution < -0.4 is 10.5 Å². The number of benzene rings is 2. The molecule has 2 N–H and O–H groups in total. The van der Waals surface area contributed by atoms with Crippen LogP contribution in [0.15, 0.2) is 42.5 Å². The normalized spacial score (nSPS) is 10.1. The number of hydrogen-bond acceptors (Lipinski definition) is 3. The highest BCUT2D eigenvalue weighted by atomic mass is 19.1. The van der Waals surface area contributed by atoms with Gasteiger partial charge in [-0.3, -0.25) is 0 Å². The lowest BCUT2D eigenvalue weighted by Crippen LogP contribution is -2.03. The summed E-state index contributed by atoms with van der Waals surface area (Å²) in [6.45, 7) is 0.754.